The zero-order valence-electron chi connectivity index (χ0n) is 20.0. The summed E-state index contributed by atoms with van der Waals surface area (Å²) < 4.78 is 5.56. The molecule has 0 saturated heterocycles. The van der Waals surface area contributed by atoms with E-state index in [-0.39, 0.29) is 30.9 Å². The maximum absolute atomic E-state index is 12.8. The van der Waals surface area contributed by atoms with Crippen LogP contribution in [-0.4, -0.2) is 42.3 Å². The first-order valence-electron chi connectivity index (χ1n) is 11.9. The number of nitrogens with one attached hydrogen (secondary N) is 2. The summed E-state index contributed by atoms with van der Waals surface area (Å²) in [5, 5.41) is 14.7. The van der Waals surface area contributed by atoms with Crippen molar-refractivity contribution in [1.82, 2.24) is 10.6 Å². The summed E-state index contributed by atoms with van der Waals surface area (Å²) in [6.45, 7) is 6.10. The molecule has 2 unspecified atom stereocenters. The SMILES string of the molecule is CCCC(NC(=O)C(CNC(=O)OCC1c2ccccc2-c2ccccc21)CC(C)C)C(=O)O. The van der Waals surface area contributed by atoms with Crippen molar-refractivity contribution in [2.45, 2.75) is 52.0 Å². The van der Waals surface area contributed by atoms with Crippen molar-refractivity contribution in [3.8, 4) is 11.1 Å². The van der Waals surface area contributed by atoms with Gasteiger partial charge in [-0.2, -0.15) is 0 Å². The van der Waals surface area contributed by atoms with E-state index >= 15 is 0 Å². The number of hydrogen-bond donors (Lipinski definition) is 3. The predicted octanol–water partition coefficient (Wildman–Crippen LogP) is 4.56. The molecule has 182 valence electrons. The highest BCUT2D eigenvalue weighted by Gasteiger charge is 2.30. The lowest BCUT2D eigenvalue weighted by Gasteiger charge is -2.22. The van der Waals surface area contributed by atoms with Gasteiger partial charge in [0.25, 0.3) is 0 Å². The predicted molar refractivity (Wildman–Crippen MR) is 130 cm³/mol. The lowest BCUT2D eigenvalue weighted by atomic mass is 9.95. The molecule has 2 aromatic rings. The number of carbonyl (C=O) groups is 3. The Balaban J connectivity index is 1.59. The zero-order chi connectivity index (χ0) is 24.7. The molecule has 0 aromatic heterocycles. The van der Waals surface area contributed by atoms with Crippen molar-refractivity contribution in [1.29, 1.82) is 0 Å². The molecule has 2 aromatic carbocycles. The number of amides is 2. The molecule has 1 aliphatic rings. The molecule has 0 saturated carbocycles. The fourth-order valence-corrected chi connectivity index (χ4v) is 4.54. The van der Waals surface area contributed by atoms with Gasteiger partial charge >= 0.3 is 12.1 Å². The van der Waals surface area contributed by atoms with Crippen LogP contribution in [0.5, 0.6) is 0 Å². The molecule has 7 nitrogen and oxygen atoms in total. The third-order valence-electron chi connectivity index (χ3n) is 6.16. The standard InChI is InChI=1S/C27H34N2O5/c1-4-9-24(26(31)32)29-25(30)18(14-17(2)3)15-28-27(33)34-16-23-21-12-7-5-10-19(21)20-11-6-8-13-22(20)23/h5-8,10-13,17-18,23-24H,4,9,14-16H2,1-3H3,(H,28,33)(H,29,30)(H,31,32). The molecular weight excluding hydrogens is 432 g/mol. The molecule has 0 aliphatic heterocycles. The van der Waals surface area contributed by atoms with E-state index in [4.69, 9.17) is 4.74 Å². The number of carbonyl (C=O) groups excluding carboxylic acids is 2. The third-order valence-corrected chi connectivity index (χ3v) is 6.16. The third kappa shape index (κ3) is 6.16. The van der Waals surface area contributed by atoms with Crippen molar-refractivity contribution in [2.24, 2.45) is 11.8 Å². The van der Waals surface area contributed by atoms with E-state index in [0.717, 1.165) is 22.3 Å². The number of benzene rings is 2. The molecule has 7 heteroatoms. The Hall–Kier alpha value is -3.35. The molecule has 3 rings (SSSR count). The minimum absolute atomic E-state index is 0.0433. The second-order valence-electron chi connectivity index (χ2n) is 9.22. The van der Waals surface area contributed by atoms with Gasteiger partial charge in [0.2, 0.25) is 5.91 Å². The van der Waals surface area contributed by atoms with E-state index in [1.165, 1.54) is 0 Å². The minimum atomic E-state index is -1.05. The van der Waals surface area contributed by atoms with Crippen LogP contribution in [0.25, 0.3) is 11.1 Å². The molecule has 1 aliphatic carbocycles. The lowest BCUT2D eigenvalue weighted by Crippen LogP contribution is -2.46. The van der Waals surface area contributed by atoms with Gasteiger partial charge in [0.05, 0.1) is 5.92 Å². The topological polar surface area (TPSA) is 105 Å². The smallest absolute Gasteiger partial charge is 0.407 e. The Morgan fingerprint density at radius 3 is 2.12 bits per heavy atom. The number of carboxylic acid groups (broad SMARTS) is 1. The Kier molecular flexibility index (Phi) is 8.68. The fourth-order valence-electron chi connectivity index (χ4n) is 4.54. The highest BCUT2D eigenvalue weighted by molar-refractivity contribution is 5.85. The highest BCUT2D eigenvalue weighted by atomic mass is 16.5. The van der Waals surface area contributed by atoms with Crippen LogP contribution < -0.4 is 10.6 Å². The Bertz CT molecular complexity index is 974. The minimum Gasteiger partial charge on any atom is -0.480 e. The van der Waals surface area contributed by atoms with Gasteiger partial charge in [-0.05, 0) is 41.0 Å². The summed E-state index contributed by atoms with van der Waals surface area (Å²) in [5.74, 6) is -1.80. The molecule has 2 atom stereocenters. The Morgan fingerprint density at radius 2 is 1.59 bits per heavy atom. The molecular formula is C27H34N2O5. The Morgan fingerprint density at radius 1 is 1.00 bits per heavy atom. The van der Waals surface area contributed by atoms with Crippen LogP contribution >= 0.6 is 0 Å². The summed E-state index contributed by atoms with van der Waals surface area (Å²) in [4.78, 5) is 36.7. The van der Waals surface area contributed by atoms with Crippen LogP contribution in [0, 0.1) is 11.8 Å². The maximum Gasteiger partial charge on any atom is 0.407 e. The molecule has 0 heterocycles. The van der Waals surface area contributed by atoms with Gasteiger partial charge in [0.15, 0.2) is 0 Å². The number of rotatable bonds is 11. The molecule has 34 heavy (non-hydrogen) atoms. The summed E-state index contributed by atoms with van der Waals surface area (Å²) in [5.41, 5.74) is 4.56. The molecule has 0 bridgehead atoms. The van der Waals surface area contributed by atoms with Gasteiger partial charge in [-0.1, -0.05) is 75.7 Å². The van der Waals surface area contributed by atoms with Crippen molar-refractivity contribution in [3.63, 3.8) is 0 Å². The summed E-state index contributed by atoms with van der Waals surface area (Å²) in [7, 11) is 0. The lowest BCUT2D eigenvalue weighted by molar-refractivity contribution is -0.142. The van der Waals surface area contributed by atoms with E-state index in [2.05, 4.69) is 34.9 Å². The fraction of sp³-hybridized carbons (Fsp3) is 0.444. The van der Waals surface area contributed by atoms with E-state index in [9.17, 15) is 19.5 Å². The van der Waals surface area contributed by atoms with Gasteiger partial charge in [-0.25, -0.2) is 9.59 Å². The van der Waals surface area contributed by atoms with E-state index < -0.39 is 24.0 Å². The average Bonchev–Trinajstić information content (AvgIpc) is 3.13. The van der Waals surface area contributed by atoms with Crippen molar-refractivity contribution in [3.05, 3.63) is 59.7 Å². The summed E-state index contributed by atoms with van der Waals surface area (Å²) in [6.07, 6.45) is 0.930. The van der Waals surface area contributed by atoms with Gasteiger partial charge in [0, 0.05) is 12.5 Å². The molecule has 0 fully saturated rings. The van der Waals surface area contributed by atoms with Gasteiger partial charge in [-0.15, -0.1) is 0 Å². The Labute approximate surface area is 200 Å². The first-order valence-corrected chi connectivity index (χ1v) is 11.9. The first kappa shape index (κ1) is 25.3. The average molecular weight is 467 g/mol. The maximum atomic E-state index is 12.8. The van der Waals surface area contributed by atoms with E-state index in [1.54, 1.807) is 0 Å². The second-order valence-corrected chi connectivity index (χ2v) is 9.22. The van der Waals surface area contributed by atoms with Crippen molar-refractivity contribution < 1.29 is 24.2 Å². The summed E-state index contributed by atoms with van der Waals surface area (Å²) >= 11 is 0. The quantitative estimate of drug-likeness (QED) is 0.450. The van der Waals surface area contributed by atoms with E-state index in [1.807, 2.05) is 45.0 Å². The number of fused-ring (bicyclic) bond motifs is 3. The van der Waals surface area contributed by atoms with E-state index in [0.29, 0.717) is 19.3 Å². The van der Waals surface area contributed by atoms with Gasteiger partial charge < -0.3 is 20.5 Å². The highest BCUT2D eigenvalue weighted by Crippen LogP contribution is 2.44. The van der Waals surface area contributed by atoms with Gasteiger partial charge in [-0.3, -0.25) is 4.79 Å². The van der Waals surface area contributed by atoms with Gasteiger partial charge in [0.1, 0.15) is 12.6 Å². The summed E-state index contributed by atoms with van der Waals surface area (Å²) in [6, 6.07) is 15.3. The molecule has 0 spiro atoms. The normalized spacial score (nSPS) is 14.1. The number of aliphatic carboxylic acids is 1. The van der Waals surface area contributed by atoms with Crippen LogP contribution in [0.4, 0.5) is 4.79 Å². The largest absolute Gasteiger partial charge is 0.480 e. The van der Waals surface area contributed by atoms with Crippen LogP contribution in [0.1, 0.15) is 57.1 Å². The number of ether oxygens (including phenoxy) is 1. The van der Waals surface area contributed by atoms with Crippen LogP contribution in [-0.2, 0) is 14.3 Å². The van der Waals surface area contributed by atoms with Crippen LogP contribution in [0.3, 0.4) is 0 Å². The van der Waals surface area contributed by atoms with Crippen LogP contribution in [0.2, 0.25) is 0 Å². The number of hydrogen-bond acceptors (Lipinski definition) is 4. The molecule has 2 amide bonds. The second kappa shape index (κ2) is 11.7. The van der Waals surface area contributed by atoms with Crippen molar-refractivity contribution >= 4 is 18.0 Å². The van der Waals surface area contributed by atoms with Crippen LogP contribution in [0.15, 0.2) is 48.5 Å². The van der Waals surface area contributed by atoms with Crippen molar-refractivity contribution in [2.75, 3.05) is 13.2 Å². The molecule has 3 N–H and O–H groups in total. The number of carboxylic acids is 1. The zero-order valence-corrected chi connectivity index (χ0v) is 20.0. The monoisotopic (exact) mass is 466 g/mol. The molecule has 0 radical (unpaired) electrons. The first-order chi connectivity index (χ1) is 16.3. The number of alkyl carbamates (subject to hydrolysis) is 1.